The van der Waals surface area contributed by atoms with Gasteiger partial charge in [0, 0.05) is 11.5 Å². The quantitative estimate of drug-likeness (QED) is 0.837. The maximum Gasteiger partial charge on any atom is 0.338 e. The predicted octanol–water partition coefficient (Wildman–Crippen LogP) is 4.08. The molecule has 0 fully saturated rings. The second-order valence-corrected chi connectivity index (χ2v) is 6.00. The van der Waals surface area contributed by atoms with Crippen LogP contribution in [0.25, 0.3) is 0 Å². The van der Waals surface area contributed by atoms with Crippen molar-refractivity contribution in [2.75, 3.05) is 0 Å². The Morgan fingerprint density at radius 1 is 1.30 bits per heavy atom. The third-order valence-corrected chi connectivity index (χ3v) is 4.28. The molecule has 1 N–H and O–H groups in total. The van der Waals surface area contributed by atoms with Crippen molar-refractivity contribution in [3.05, 3.63) is 70.5 Å². The van der Waals surface area contributed by atoms with Crippen LogP contribution in [0.2, 0.25) is 5.02 Å². The van der Waals surface area contributed by atoms with Gasteiger partial charge in [-0.15, -0.1) is 0 Å². The van der Waals surface area contributed by atoms with Crippen LogP contribution in [-0.2, 0) is 16.1 Å². The molecule has 0 unspecified atom stereocenters. The summed E-state index contributed by atoms with van der Waals surface area (Å²) in [4.78, 5) is 12.2. The van der Waals surface area contributed by atoms with Crippen molar-refractivity contribution in [1.82, 2.24) is 0 Å². The van der Waals surface area contributed by atoms with Crippen LogP contribution in [0.5, 0.6) is 0 Å². The van der Waals surface area contributed by atoms with Crippen molar-refractivity contribution >= 4 is 17.6 Å². The fraction of sp³-hybridized carbons (Fsp3) is 0.278. The van der Waals surface area contributed by atoms with Gasteiger partial charge in [0.1, 0.15) is 12.4 Å². The van der Waals surface area contributed by atoms with E-state index in [1.807, 2.05) is 30.3 Å². The van der Waals surface area contributed by atoms with Crippen molar-refractivity contribution in [2.24, 2.45) is 0 Å². The van der Waals surface area contributed by atoms with Crippen LogP contribution in [0.4, 0.5) is 4.39 Å². The van der Waals surface area contributed by atoms with Gasteiger partial charge in [0.05, 0.1) is 5.02 Å². The number of carbonyl (C=O) groups is 1. The van der Waals surface area contributed by atoms with Crippen LogP contribution in [0.15, 0.2) is 48.5 Å². The van der Waals surface area contributed by atoms with Crippen molar-refractivity contribution in [1.29, 1.82) is 0 Å². The Morgan fingerprint density at radius 3 is 2.57 bits per heavy atom. The van der Waals surface area contributed by atoms with Gasteiger partial charge >= 0.3 is 5.97 Å². The van der Waals surface area contributed by atoms with E-state index >= 15 is 0 Å². The zero-order chi connectivity index (χ0) is 17.0. The van der Waals surface area contributed by atoms with E-state index in [0.29, 0.717) is 5.56 Å². The molecule has 0 aliphatic rings. The minimum absolute atomic E-state index is 0.129. The van der Waals surface area contributed by atoms with Gasteiger partial charge in [-0.3, -0.25) is 0 Å². The fourth-order valence-electron chi connectivity index (χ4n) is 2.17. The Kier molecular flexibility index (Phi) is 5.39. The molecular formula is C18H18ClFO3. The summed E-state index contributed by atoms with van der Waals surface area (Å²) < 4.78 is 18.2. The van der Waals surface area contributed by atoms with E-state index in [1.54, 1.807) is 6.92 Å². The van der Waals surface area contributed by atoms with Gasteiger partial charge < -0.3 is 9.84 Å². The Labute approximate surface area is 139 Å². The molecular weight excluding hydrogens is 319 g/mol. The molecule has 2 aromatic carbocycles. The zero-order valence-corrected chi connectivity index (χ0v) is 13.7. The van der Waals surface area contributed by atoms with Gasteiger partial charge in [-0.25, -0.2) is 9.18 Å². The number of aliphatic hydroxyl groups is 1. The molecule has 0 aliphatic heterocycles. The molecule has 0 saturated heterocycles. The normalized spacial score (nSPS) is 14.8. The molecule has 23 heavy (non-hydrogen) atoms. The third-order valence-electron chi connectivity index (χ3n) is 3.93. The topological polar surface area (TPSA) is 46.5 Å². The van der Waals surface area contributed by atoms with E-state index < -0.39 is 23.3 Å². The Hall–Kier alpha value is -1.91. The highest BCUT2D eigenvalue weighted by molar-refractivity contribution is 6.31. The first-order valence-electron chi connectivity index (χ1n) is 7.21. The Balaban J connectivity index is 2.06. The van der Waals surface area contributed by atoms with E-state index in [-0.39, 0.29) is 11.6 Å². The summed E-state index contributed by atoms with van der Waals surface area (Å²) in [6, 6.07) is 13.0. The number of carbonyl (C=O) groups excluding carboxylic acids is 1. The van der Waals surface area contributed by atoms with Gasteiger partial charge in [0.2, 0.25) is 0 Å². The standard InChI is InChI=1S/C18H18ClFO3/c1-12(13-6-4-3-5-7-13)18(2,22)17(21)23-11-14-8-9-15(20)10-16(14)19/h3-10,12,22H,11H2,1-2H3/t12-,18+/m0/s1. The lowest BCUT2D eigenvalue weighted by Gasteiger charge is -2.28. The number of hydrogen-bond acceptors (Lipinski definition) is 3. The summed E-state index contributed by atoms with van der Waals surface area (Å²) in [6.07, 6.45) is 0. The molecule has 0 radical (unpaired) electrons. The van der Waals surface area contributed by atoms with Crippen LogP contribution >= 0.6 is 11.6 Å². The number of ether oxygens (including phenoxy) is 1. The molecule has 0 heterocycles. The summed E-state index contributed by atoms with van der Waals surface area (Å²) in [5, 5.41) is 10.7. The molecule has 0 spiro atoms. The molecule has 2 atom stereocenters. The molecule has 0 amide bonds. The van der Waals surface area contributed by atoms with Gasteiger partial charge in [-0.1, -0.05) is 54.9 Å². The molecule has 0 bridgehead atoms. The monoisotopic (exact) mass is 336 g/mol. The lowest BCUT2D eigenvalue weighted by Crippen LogP contribution is -2.41. The number of halogens is 2. The summed E-state index contributed by atoms with van der Waals surface area (Å²) in [7, 11) is 0. The smallest absolute Gasteiger partial charge is 0.338 e. The van der Waals surface area contributed by atoms with E-state index in [2.05, 4.69) is 0 Å². The highest BCUT2D eigenvalue weighted by Crippen LogP contribution is 2.29. The van der Waals surface area contributed by atoms with Crippen LogP contribution in [-0.4, -0.2) is 16.7 Å². The summed E-state index contributed by atoms with van der Waals surface area (Å²) in [5.41, 5.74) is -0.382. The first-order valence-corrected chi connectivity index (χ1v) is 7.58. The summed E-state index contributed by atoms with van der Waals surface area (Å²) in [5.74, 6) is -1.66. The number of benzene rings is 2. The predicted molar refractivity (Wildman–Crippen MR) is 86.7 cm³/mol. The molecule has 122 valence electrons. The maximum atomic E-state index is 13.0. The highest BCUT2D eigenvalue weighted by atomic mass is 35.5. The first-order chi connectivity index (χ1) is 10.8. The zero-order valence-electron chi connectivity index (χ0n) is 12.9. The van der Waals surface area contributed by atoms with Crippen molar-refractivity contribution in [3.8, 4) is 0 Å². The van der Waals surface area contributed by atoms with Crippen molar-refractivity contribution in [3.63, 3.8) is 0 Å². The van der Waals surface area contributed by atoms with Gasteiger partial charge in [0.25, 0.3) is 0 Å². The molecule has 3 nitrogen and oxygen atoms in total. The van der Waals surface area contributed by atoms with Crippen LogP contribution in [0.1, 0.15) is 30.9 Å². The van der Waals surface area contributed by atoms with Crippen LogP contribution < -0.4 is 0 Å². The maximum absolute atomic E-state index is 13.0. The summed E-state index contributed by atoms with van der Waals surface area (Å²) in [6.45, 7) is 3.04. The summed E-state index contributed by atoms with van der Waals surface area (Å²) >= 11 is 5.89. The molecule has 5 heteroatoms. The minimum Gasteiger partial charge on any atom is -0.459 e. The number of hydrogen-bond donors (Lipinski definition) is 1. The lowest BCUT2D eigenvalue weighted by molar-refractivity contribution is -0.167. The van der Waals surface area contributed by atoms with E-state index in [9.17, 15) is 14.3 Å². The minimum atomic E-state index is -1.69. The third kappa shape index (κ3) is 4.09. The van der Waals surface area contributed by atoms with Crippen molar-refractivity contribution in [2.45, 2.75) is 32.0 Å². The van der Waals surface area contributed by atoms with Crippen LogP contribution in [0.3, 0.4) is 0 Å². The fourth-order valence-corrected chi connectivity index (χ4v) is 2.39. The first kappa shape index (κ1) is 17.4. The van der Waals surface area contributed by atoms with Gasteiger partial charge in [-0.05, 0) is 24.6 Å². The highest BCUT2D eigenvalue weighted by Gasteiger charge is 2.39. The van der Waals surface area contributed by atoms with E-state index in [0.717, 1.165) is 11.6 Å². The molecule has 0 saturated carbocycles. The molecule has 0 aliphatic carbocycles. The lowest BCUT2D eigenvalue weighted by atomic mass is 9.85. The Bertz CT molecular complexity index is 686. The van der Waals surface area contributed by atoms with Crippen molar-refractivity contribution < 1.29 is 19.0 Å². The van der Waals surface area contributed by atoms with Crippen LogP contribution in [0, 0.1) is 5.82 Å². The Morgan fingerprint density at radius 2 is 1.96 bits per heavy atom. The van der Waals surface area contributed by atoms with E-state index in [4.69, 9.17) is 16.3 Å². The van der Waals surface area contributed by atoms with Gasteiger partial charge in [0.15, 0.2) is 5.60 Å². The second kappa shape index (κ2) is 7.11. The van der Waals surface area contributed by atoms with E-state index in [1.165, 1.54) is 19.1 Å². The average molecular weight is 337 g/mol. The molecule has 2 rings (SSSR count). The molecule has 2 aromatic rings. The number of esters is 1. The second-order valence-electron chi connectivity index (χ2n) is 5.59. The van der Waals surface area contributed by atoms with Gasteiger partial charge in [-0.2, -0.15) is 0 Å². The molecule has 0 aromatic heterocycles. The number of rotatable bonds is 5. The SMILES string of the molecule is C[C@@H](c1ccccc1)[C@@](C)(O)C(=O)OCc1ccc(F)cc1Cl. The average Bonchev–Trinajstić information content (AvgIpc) is 2.53. The largest absolute Gasteiger partial charge is 0.459 e.